The van der Waals surface area contributed by atoms with Crippen molar-refractivity contribution in [2.45, 2.75) is 130 Å². The summed E-state index contributed by atoms with van der Waals surface area (Å²) in [7, 11) is 0. The largest absolute Gasteiger partial charge is 0.411 e. The molecule has 0 radical (unpaired) electrons. The van der Waals surface area contributed by atoms with Crippen LogP contribution in [-0.2, 0) is 57.6 Å². The number of ether oxygens (including phenoxy) is 4. The lowest BCUT2D eigenvalue weighted by Gasteiger charge is -2.28. The van der Waals surface area contributed by atoms with Crippen molar-refractivity contribution in [2.24, 2.45) is 16.2 Å². The first-order valence-corrected chi connectivity index (χ1v) is 28.3. The summed E-state index contributed by atoms with van der Waals surface area (Å²) < 4.78 is 24.0. The van der Waals surface area contributed by atoms with Gasteiger partial charge in [-0.1, -0.05) is 83.8 Å². The number of oxime groups is 2. The maximum Gasteiger partial charge on any atom is 0.246 e. The van der Waals surface area contributed by atoms with Crippen molar-refractivity contribution < 1.29 is 48.5 Å². The third kappa shape index (κ3) is 25.1. The number of hydrogen-bond acceptors (Lipinski definition) is 18. The Morgan fingerprint density at radius 1 is 0.679 bits per heavy atom. The molecule has 0 spiro atoms. The number of tetrazole rings is 1. The van der Waals surface area contributed by atoms with Gasteiger partial charge in [-0.05, 0) is 115 Å². The summed E-state index contributed by atoms with van der Waals surface area (Å²) in [6, 6.07) is 16.1. The predicted octanol–water partition coefficient (Wildman–Crippen LogP) is 5.20. The van der Waals surface area contributed by atoms with E-state index in [0.29, 0.717) is 100 Å². The lowest BCUT2D eigenvalue weighted by molar-refractivity contribution is -0.131. The van der Waals surface area contributed by atoms with Crippen molar-refractivity contribution in [3.05, 3.63) is 70.8 Å². The summed E-state index contributed by atoms with van der Waals surface area (Å²) in [5.74, 6) is 0.566. The number of carbonyl (C=O) groups is 4. The average Bonchev–Trinajstić information content (AvgIpc) is 4.14. The van der Waals surface area contributed by atoms with E-state index >= 15 is 0 Å². The number of imidazole rings is 1. The zero-order valence-electron chi connectivity index (χ0n) is 48.3. The van der Waals surface area contributed by atoms with E-state index in [1.165, 1.54) is 0 Å². The van der Waals surface area contributed by atoms with Gasteiger partial charge >= 0.3 is 0 Å². The molecule has 0 unspecified atom stereocenters. The molecule has 0 aliphatic carbocycles. The molecule has 81 heavy (non-hydrogen) atoms. The molecule has 0 bridgehead atoms. The van der Waals surface area contributed by atoms with E-state index in [4.69, 9.17) is 30.5 Å². The molecule has 25 heteroatoms. The number of aromatic amines is 1. The third-order valence-electron chi connectivity index (χ3n) is 13.8. The van der Waals surface area contributed by atoms with E-state index in [9.17, 15) is 29.6 Å². The quantitative estimate of drug-likeness (QED) is 0.0119. The highest BCUT2D eigenvalue weighted by Gasteiger charge is 2.24. The second-order valence-electron chi connectivity index (χ2n) is 20.6. The minimum atomic E-state index is -0.464. The molecule has 0 saturated heterocycles. The van der Waals surface area contributed by atoms with Crippen LogP contribution in [0.15, 0.2) is 58.8 Å². The molecule has 4 rings (SSSR count). The van der Waals surface area contributed by atoms with Gasteiger partial charge < -0.3 is 65.8 Å². The van der Waals surface area contributed by atoms with Crippen LogP contribution in [0.5, 0.6) is 0 Å². The summed E-state index contributed by atoms with van der Waals surface area (Å²) in [5, 5.41) is 58.2. The number of unbranched alkanes of at least 4 members (excludes halogenated alkanes) is 1. The lowest BCUT2D eigenvalue weighted by Crippen LogP contribution is -2.47. The highest BCUT2D eigenvalue weighted by atomic mass is 35.5. The fourth-order valence-corrected chi connectivity index (χ4v) is 8.54. The van der Waals surface area contributed by atoms with Crippen molar-refractivity contribution in [1.82, 2.24) is 62.1 Å². The number of amides is 4. The molecule has 0 fully saturated rings. The van der Waals surface area contributed by atoms with E-state index < -0.39 is 17.0 Å². The number of nitrogens with one attached hydrogen (secondary N) is 7. The molecule has 4 aromatic rings. The molecular formula is C56H87ClN14O10. The Hall–Kier alpha value is -6.41. The van der Waals surface area contributed by atoms with Crippen LogP contribution in [0, 0.1) is 5.92 Å². The zero-order valence-corrected chi connectivity index (χ0v) is 49.1. The van der Waals surface area contributed by atoms with Gasteiger partial charge in [0.2, 0.25) is 29.5 Å². The van der Waals surface area contributed by atoms with Gasteiger partial charge in [0.15, 0.2) is 5.15 Å². The number of H-pyrrole nitrogens is 1. The van der Waals surface area contributed by atoms with Crippen molar-refractivity contribution in [2.75, 3.05) is 85.6 Å². The van der Waals surface area contributed by atoms with Crippen LogP contribution in [0.25, 0.3) is 22.5 Å². The van der Waals surface area contributed by atoms with Crippen LogP contribution in [0.3, 0.4) is 0 Å². The van der Waals surface area contributed by atoms with E-state index in [0.717, 1.165) is 66.6 Å². The standard InChI is InChI=1S/C56H87ClN14O10/c1-8-9-15-48-64-53(57)47(71(48)37-43-18-20-44(21-19-43)45-13-10-11-14-46(45)54-65-69-70-66-54)36-61-52(75)39-81-38-51(74)60-29-31-79-33-35-80-34-32-78-30-28-59-50(73)17-12-16-49(72)58-25-22-42(23-26-62-55(4,5)40(2)67-76)24-27-63-56(6,7)41(3)68-77/h10-11,13-14,18-21,42,62-63,76-77H,8-9,12,15-17,22-39H2,1-7H3,(H,58,72)(H,59,73)(H,60,74)(H,61,75)(H,65,66,69,70)/b67-40-,68-41-. The van der Waals surface area contributed by atoms with E-state index in [1.54, 1.807) is 13.8 Å². The summed E-state index contributed by atoms with van der Waals surface area (Å²) in [4.78, 5) is 54.7. The Morgan fingerprint density at radius 2 is 1.21 bits per heavy atom. The molecule has 2 heterocycles. The summed E-state index contributed by atoms with van der Waals surface area (Å²) in [5.41, 5.74) is 4.78. The predicted molar refractivity (Wildman–Crippen MR) is 309 cm³/mol. The van der Waals surface area contributed by atoms with Crippen LogP contribution in [0.1, 0.15) is 117 Å². The molecular weight excluding hydrogens is 1060 g/mol. The first-order valence-electron chi connectivity index (χ1n) is 27.9. The van der Waals surface area contributed by atoms with Gasteiger partial charge in [-0.25, -0.2) is 4.98 Å². The number of halogens is 1. The third-order valence-corrected chi connectivity index (χ3v) is 14.1. The van der Waals surface area contributed by atoms with Crippen molar-refractivity contribution in [1.29, 1.82) is 0 Å². The molecule has 9 N–H and O–H groups in total. The van der Waals surface area contributed by atoms with Crippen molar-refractivity contribution in [3.8, 4) is 22.5 Å². The Morgan fingerprint density at radius 3 is 1.77 bits per heavy atom. The van der Waals surface area contributed by atoms with Gasteiger partial charge in [0, 0.05) is 51.0 Å². The highest BCUT2D eigenvalue weighted by molar-refractivity contribution is 6.30. The Balaban J connectivity index is 0.991. The number of rotatable bonds is 42. The zero-order chi connectivity index (χ0) is 58.9. The van der Waals surface area contributed by atoms with E-state index in [2.05, 4.69) is 86.9 Å². The minimum absolute atomic E-state index is 0.106. The molecule has 0 aliphatic rings. The van der Waals surface area contributed by atoms with Crippen LogP contribution in [0.4, 0.5) is 0 Å². The second-order valence-corrected chi connectivity index (χ2v) is 21.0. The molecule has 24 nitrogen and oxygen atoms in total. The monoisotopic (exact) mass is 1150 g/mol. The van der Waals surface area contributed by atoms with Crippen LogP contribution < -0.4 is 31.9 Å². The smallest absolute Gasteiger partial charge is 0.246 e. The fourth-order valence-electron chi connectivity index (χ4n) is 8.27. The average molecular weight is 1150 g/mol. The lowest BCUT2D eigenvalue weighted by atomic mass is 9.94. The number of hydrogen-bond donors (Lipinski definition) is 9. The highest BCUT2D eigenvalue weighted by Crippen LogP contribution is 2.30. The molecule has 0 aliphatic heterocycles. The number of aromatic nitrogens is 6. The SMILES string of the molecule is CCCCc1nc(Cl)c(CNC(=O)COCC(=O)NCCOCCOCCOCCNC(=O)CCCC(=O)NCCC(CCNC(C)(C)/C(C)=N\O)CCNC(C)(C)/C(C)=N\O)n1Cc1ccc(-c2ccccc2-c2nn[nH]n2)cc1. The topological polar surface area (TPSA) is 315 Å². The normalized spacial score (nSPS) is 12.3. The molecule has 2 aromatic carbocycles. The van der Waals surface area contributed by atoms with Crippen LogP contribution in [-0.4, -0.2) is 172 Å². The van der Waals surface area contributed by atoms with Gasteiger partial charge in [-0.15, -0.1) is 10.2 Å². The number of nitrogens with zero attached hydrogens (tertiary/aromatic N) is 7. The Bertz CT molecular complexity index is 2520. The maximum absolute atomic E-state index is 12.8. The maximum atomic E-state index is 12.8. The number of aryl methyl sites for hydroxylation is 1. The van der Waals surface area contributed by atoms with Crippen molar-refractivity contribution in [3.63, 3.8) is 0 Å². The van der Waals surface area contributed by atoms with Gasteiger partial charge in [-0.3, -0.25) is 19.2 Å². The molecule has 4 amide bonds. The Kier molecular flexibility index (Phi) is 30.5. The second kappa shape index (κ2) is 36.8. The minimum Gasteiger partial charge on any atom is -0.411 e. The first kappa shape index (κ1) is 67.1. The van der Waals surface area contributed by atoms with E-state index in [1.807, 2.05) is 68.7 Å². The fraction of sp³-hybridized carbons (Fsp3) is 0.607. The number of benzene rings is 2. The van der Waals surface area contributed by atoms with Crippen LogP contribution in [0.2, 0.25) is 5.15 Å². The first-order chi connectivity index (χ1) is 39.0. The molecule has 0 saturated carbocycles. The Labute approximate surface area is 481 Å². The van der Waals surface area contributed by atoms with Gasteiger partial charge in [0.1, 0.15) is 19.0 Å². The van der Waals surface area contributed by atoms with E-state index in [-0.39, 0.29) is 69.4 Å². The summed E-state index contributed by atoms with van der Waals surface area (Å²) in [6.07, 6.45) is 5.96. The summed E-state index contributed by atoms with van der Waals surface area (Å²) >= 11 is 6.65. The van der Waals surface area contributed by atoms with Crippen LogP contribution >= 0.6 is 11.6 Å². The summed E-state index contributed by atoms with van der Waals surface area (Å²) in [6.45, 7) is 17.8. The molecule has 448 valence electrons. The van der Waals surface area contributed by atoms with Gasteiger partial charge in [-0.2, -0.15) is 5.21 Å². The van der Waals surface area contributed by atoms with Gasteiger partial charge in [0.25, 0.3) is 0 Å². The number of carbonyl (C=O) groups excluding carboxylic acids is 4. The van der Waals surface area contributed by atoms with Gasteiger partial charge in [0.05, 0.1) is 74.4 Å². The molecule has 0 atom stereocenters. The van der Waals surface area contributed by atoms with Crippen molar-refractivity contribution >= 4 is 46.7 Å². The molecule has 2 aromatic heterocycles.